The van der Waals surface area contributed by atoms with Crippen LogP contribution in [-0.4, -0.2) is 43.3 Å². The topological polar surface area (TPSA) is 88.3 Å². The Hall–Kier alpha value is -3.21. The van der Waals surface area contributed by atoms with E-state index in [2.05, 4.69) is 10.2 Å². The van der Waals surface area contributed by atoms with Crippen molar-refractivity contribution in [3.05, 3.63) is 62.3 Å². The first-order valence-corrected chi connectivity index (χ1v) is 10.9. The number of hydrogen-bond donors (Lipinski definition) is 1. The van der Waals surface area contributed by atoms with Crippen LogP contribution in [-0.2, 0) is 13.0 Å². The highest BCUT2D eigenvalue weighted by atomic mass is 32.1. The summed E-state index contributed by atoms with van der Waals surface area (Å²) in [6, 6.07) is 1.16. The third-order valence-corrected chi connectivity index (χ3v) is 6.84. The number of piperidine rings is 1. The molecule has 1 amide bonds. The molecule has 0 saturated carbocycles. The lowest BCUT2D eigenvalue weighted by Gasteiger charge is -2.40. The summed E-state index contributed by atoms with van der Waals surface area (Å²) in [5.41, 5.74) is -1.12. The number of carbonyl (C=O) groups excluding carboxylic acids is 1. The van der Waals surface area contributed by atoms with E-state index in [0.717, 1.165) is 30.6 Å². The quantitative estimate of drug-likeness (QED) is 0.646. The SMILES string of the molecule is O=C1c2c(O)c(=O)c(-c3nnc(Cc4c(F)cc(F)cc4F)s3)cn2C[C@@H]2CCCCN12. The van der Waals surface area contributed by atoms with Gasteiger partial charge in [-0.25, -0.2) is 13.2 Å². The van der Waals surface area contributed by atoms with Gasteiger partial charge in [-0.2, -0.15) is 0 Å². The second-order valence-electron chi connectivity index (χ2n) is 7.90. The predicted octanol–water partition coefficient (Wildman–Crippen LogP) is 3.09. The van der Waals surface area contributed by atoms with Crippen LogP contribution in [0, 0.1) is 17.5 Å². The van der Waals surface area contributed by atoms with Gasteiger partial charge in [0.05, 0.1) is 5.56 Å². The molecule has 1 saturated heterocycles. The number of nitrogens with zero attached hydrogens (tertiary/aromatic N) is 4. The van der Waals surface area contributed by atoms with E-state index in [9.17, 15) is 27.9 Å². The maximum Gasteiger partial charge on any atom is 0.274 e. The molecule has 1 fully saturated rings. The molecule has 1 atom stereocenters. The van der Waals surface area contributed by atoms with Gasteiger partial charge in [-0.05, 0) is 19.3 Å². The van der Waals surface area contributed by atoms with Crippen LogP contribution in [0.15, 0.2) is 23.1 Å². The van der Waals surface area contributed by atoms with Crippen LogP contribution in [0.4, 0.5) is 13.2 Å². The lowest BCUT2D eigenvalue weighted by molar-refractivity contribution is 0.0506. The molecule has 1 aromatic carbocycles. The monoisotopic (exact) mass is 462 g/mol. The zero-order valence-corrected chi connectivity index (χ0v) is 17.5. The summed E-state index contributed by atoms with van der Waals surface area (Å²) in [5.74, 6) is -4.13. The van der Waals surface area contributed by atoms with E-state index < -0.39 is 28.6 Å². The molecule has 5 rings (SSSR count). The summed E-state index contributed by atoms with van der Waals surface area (Å²) in [4.78, 5) is 27.4. The van der Waals surface area contributed by atoms with E-state index in [-0.39, 0.29) is 45.2 Å². The number of pyridine rings is 1. The lowest BCUT2D eigenvalue weighted by Crippen LogP contribution is -2.51. The minimum absolute atomic E-state index is 0.00657. The summed E-state index contributed by atoms with van der Waals surface area (Å²) in [5, 5.41) is 18.7. The molecule has 2 aliphatic heterocycles. The lowest BCUT2D eigenvalue weighted by atomic mass is 9.98. The minimum atomic E-state index is -1.04. The molecule has 0 spiro atoms. The van der Waals surface area contributed by atoms with Crippen LogP contribution in [0.5, 0.6) is 5.75 Å². The summed E-state index contributed by atoms with van der Waals surface area (Å²) < 4.78 is 42.6. The number of amides is 1. The van der Waals surface area contributed by atoms with Gasteiger partial charge in [0.2, 0.25) is 5.43 Å². The van der Waals surface area contributed by atoms with Crippen LogP contribution in [0.3, 0.4) is 0 Å². The van der Waals surface area contributed by atoms with E-state index in [1.54, 1.807) is 9.47 Å². The number of hydrogen-bond acceptors (Lipinski definition) is 6. The molecule has 0 bridgehead atoms. The summed E-state index contributed by atoms with van der Waals surface area (Å²) >= 11 is 0.930. The Morgan fingerprint density at radius 3 is 2.62 bits per heavy atom. The maximum absolute atomic E-state index is 14.0. The van der Waals surface area contributed by atoms with Crippen molar-refractivity contribution >= 4 is 17.2 Å². The molecule has 2 aliphatic rings. The smallest absolute Gasteiger partial charge is 0.274 e. The molecule has 32 heavy (non-hydrogen) atoms. The zero-order chi connectivity index (χ0) is 22.6. The third kappa shape index (κ3) is 3.36. The normalized spacial score (nSPS) is 17.9. The van der Waals surface area contributed by atoms with Gasteiger partial charge in [0, 0.05) is 49.4 Å². The first-order valence-electron chi connectivity index (χ1n) is 10.1. The maximum atomic E-state index is 14.0. The van der Waals surface area contributed by atoms with Crippen molar-refractivity contribution in [1.29, 1.82) is 0 Å². The Kier molecular flexibility index (Phi) is 5.00. The summed E-state index contributed by atoms with van der Waals surface area (Å²) in [6.07, 6.45) is 3.92. The van der Waals surface area contributed by atoms with Crippen molar-refractivity contribution < 1.29 is 23.1 Å². The Morgan fingerprint density at radius 2 is 1.88 bits per heavy atom. The molecule has 0 unspecified atom stereocenters. The van der Waals surface area contributed by atoms with Gasteiger partial charge in [0.25, 0.3) is 5.91 Å². The van der Waals surface area contributed by atoms with Gasteiger partial charge in [0.15, 0.2) is 16.5 Å². The molecule has 1 N–H and O–H groups in total. The third-order valence-electron chi connectivity index (χ3n) is 5.89. The number of aromatic hydroxyl groups is 1. The Bertz CT molecular complexity index is 1280. The van der Waals surface area contributed by atoms with Crippen LogP contribution in [0.2, 0.25) is 0 Å². The Labute approximate surface area is 183 Å². The highest BCUT2D eigenvalue weighted by molar-refractivity contribution is 7.14. The first-order chi connectivity index (χ1) is 15.3. The van der Waals surface area contributed by atoms with Gasteiger partial charge in [0.1, 0.15) is 22.5 Å². The molecule has 4 heterocycles. The summed E-state index contributed by atoms with van der Waals surface area (Å²) in [7, 11) is 0. The average Bonchev–Trinajstić information content (AvgIpc) is 3.21. The molecule has 11 heteroatoms. The number of aromatic nitrogens is 3. The molecule has 0 aliphatic carbocycles. The fourth-order valence-corrected chi connectivity index (χ4v) is 5.18. The van der Waals surface area contributed by atoms with Gasteiger partial charge < -0.3 is 14.6 Å². The van der Waals surface area contributed by atoms with E-state index in [0.29, 0.717) is 25.2 Å². The molecular weight excluding hydrogens is 445 g/mol. The van der Waals surface area contributed by atoms with Gasteiger partial charge in [-0.1, -0.05) is 11.3 Å². The second-order valence-corrected chi connectivity index (χ2v) is 8.96. The van der Waals surface area contributed by atoms with Crippen LogP contribution >= 0.6 is 11.3 Å². The van der Waals surface area contributed by atoms with E-state index in [1.165, 1.54) is 6.20 Å². The minimum Gasteiger partial charge on any atom is -0.503 e. The first kappa shape index (κ1) is 20.7. The highest BCUT2D eigenvalue weighted by Crippen LogP contribution is 2.32. The molecular formula is C21H17F3N4O3S. The Balaban J connectivity index is 1.51. The number of benzene rings is 1. The van der Waals surface area contributed by atoms with E-state index in [4.69, 9.17) is 0 Å². The van der Waals surface area contributed by atoms with Gasteiger partial charge in [-0.15, -0.1) is 10.2 Å². The van der Waals surface area contributed by atoms with Crippen LogP contribution in [0.1, 0.15) is 40.3 Å². The van der Waals surface area contributed by atoms with Crippen molar-refractivity contribution in [2.45, 2.75) is 38.3 Å². The van der Waals surface area contributed by atoms with E-state index >= 15 is 0 Å². The van der Waals surface area contributed by atoms with Crippen molar-refractivity contribution in [3.8, 4) is 16.3 Å². The second kappa shape index (κ2) is 7.73. The summed E-state index contributed by atoms with van der Waals surface area (Å²) in [6.45, 7) is 1.04. The number of halogens is 3. The fourth-order valence-electron chi connectivity index (χ4n) is 4.32. The largest absolute Gasteiger partial charge is 0.503 e. The molecule has 2 aromatic heterocycles. The molecule has 0 radical (unpaired) electrons. The van der Waals surface area contributed by atoms with Gasteiger partial charge >= 0.3 is 0 Å². The average molecular weight is 462 g/mol. The van der Waals surface area contributed by atoms with Crippen LogP contribution in [0.25, 0.3) is 10.6 Å². The van der Waals surface area contributed by atoms with Crippen LogP contribution < -0.4 is 5.43 Å². The van der Waals surface area contributed by atoms with Crippen molar-refractivity contribution in [2.24, 2.45) is 0 Å². The van der Waals surface area contributed by atoms with Gasteiger partial charge in [-0.3, -0.25) is 9.59 Å². The zero-order valence-electron chi connectivity index (χ0n) is 16.6. The Morgan fingerprint density at radius 1 is 1.12 bits per heavy atom. The molecule has 7 nitrogen and oxygen atoms in total. The standard InChI is InChI=1S/C21H17F3N4O3S/c22-10-5-14(23)12(15(24)6-10)7-16-25-26-20(32-16)13-9-27-8-11-3-1-2-4-28(11)21(31)17(27)19(30)18(13)29/h5-6,9,11,30H,1-4,7-8H2/t11-/m0/s1. The number of carbonyl (C=O) groups is 1. The fraction of sp³-hybridized carbons (Fsp3) is 0.333. The van der Waals surface area contributed by atoms with Crippen molar-refractivity contribution in [3.63, 3.8) is 0 Å². The van der Waals surface area contributed by atoms with Crippen molar-refractivity contribution in [2.75, 3.05) is 6.54 Å². The highest BCUT2D eigenvalue weighted by Gasteiger charge is 2.37. The number of rotatable bonds is 3. The molecule has 166 valence electrons. The van der Waals surface area contributed by atoms with E-state index in [1.807, 2.05) is 0 Å². The molecule has 3 aromatic rings. The number of fused-ring (bicyclic) bond motifs is 2. The van der Waals surface area contributed by atoms with Crippen molar-refractivity contribution in [1.82, 2.24) is 19.7 Å². The predicted molar refractivity (Wildman–Crippen MR) is 109 cm³/mol.